The van der Waals surface area contributed by atoms with Gasteiger partial charge in [-0.1, -0.05) is 26.7 Å². The van der Waals surface area contributed by atoms with Crippen molar-refractivity contribution >= 4 is 17.8 Å². The van der Waals surface area contributed by atoms with Gasteiger partial charge in [0.05, 0.1) is 0 Å². The van der Waals surface area contributed by atoms with Crippen LogP contribution in [0.15, 0.2) is 0 Å². The van der Waals surface area contributed by atoms with E-state index in [9.17, 15) is 19.5 Å². The van der Waals surface area contributed by atoms with Crippen molar-refractivity contribution in [3.63, 3.8) is 0 Å². The molecule has 6 nitrogen and oxygen atoms in total. The van der Waals surface area contributed by atoms with Crippen molar-refractivity contribution in [3.05, 3.63) is 0 Å². The van der Waals surface area contributed by atoms with Crippen molar-refractivity contribution in [1.29, 1.82) is 0 Å². The van der Waals surface area contributed by atoms with Crippen molar-refractivity contribution in [3.8, 4) is 0 Å². The Morgan fingerprint density at radius 3 is 1.92 bits per heavy atom. The third-order valence-corrected chi connectivity index (χ3v) is 5.40. The second kappa shape index (κ2) is 8.49. The molecule has 2 fully saturated rings. The zero-order valence-corrected chi connectivity index (χ0v) is 14.7. The standard InChI is InChI=1S/C18H30N2O4/c1-11(2)15(18(23)24)20-17(22)13-7-9-14(10-8-13)19-16(21)12-5-3-4-6-12/h11-15H,3-10H2,1-2H3,(H,19,21)(H,20,22)(H,23,24). The summed E-state index contributed by atoms with van der Waals surface area (Å²) in [5.41, 5.74) is 0. The summed E-state index contributed by atoms with van der Waals surface area (Å²) in [5, 5.41) is 15.0. The Balaban J connectivity index is 1.76. The number of nitrogens with one attached hydrogen (secondary N) is 2. The van der Waals surface area contributed by atoms with Crippen molar-refractivity contribution < 1.29 is 19.5 Å². The van der Waals surface area contributed by atoms with Crippen LogP contribution in [0.2, 0.25) is 0 Å². The van der Waals surface area contributed by atoms with Crippen LogP contribution in [-0.4, -0.2) is 35.0 Å². The van der Waals surface area contributed by atoms with Crippen LogP contribution >= 0.6 is 0 Å². The molecule has 0 saturated heterocycles. The van der Waals surface area contributed by atoms with Gasteiger partial charge < -0.3 is 15.7 Å². The summed E-state index contributed by atoms with van der Waals surface area (Å²) in [6.07, 6.45) is 7.26. The van der Waals surface area contributed by atoms with Crippen LogP contribution in [0.4, 0.5) is 0 Å². The molecule has 1 unspecified atom stereocenters. The Kier molecular flexibility index (Phi) is 6.63. The molecule has 0 aromatic heterocycles. The smallest absolute Gasteiger partial charge is 0.326 e. The normalized spacial score (nSPS) is 26.1. The molecular formula is C18H30N2O4. The molecule has 2 aliphatic carbocycles. The first kappa shape index (κ1) is 18.7. The molecule has 24 heavy (non-hydrogen) atoms. The molecule has 1 atom stereocenters. The van der Waals surface area contributed by atoms with Gasteiger partial charge in [0, 0.05) is 17.9 Å². The van der Waals surface area contributed by atoms with E-state index in [1.807, 2.05) is 0 Å². The van der Waals surface area contributed by atoms with Gasteiger partial charge in [0.15, 0.2) is 0 Å². The van der Waals surface area contributed by atoms with Crippen LogP contribution in [-0.2, 0) is 14.4 Å². The van der Waals surface area contributed by atoms with Gasteiger partial charge in [0.1, 0.15) is 6.04 Å². The van der Waals surface area contributed by atoms with Crippen LogP contribution in [0.1, 0.15) is 65.2 Å². The highest BCUT2D eigenvalue weighted by molar-refractivity contribution is 5.85. The first-order valence-corrected chi connectivity index (χ1v) is 9.22. The van der Waals surface area contributed by atoms with E-state index in [2.05, 4.69) is 10.6 Å². The lowest BCUT2D eigenvalue weighted by Crippen LogP contribution is -2.48. The Morgan fingerprint density at radius 1 is 0.875 bits per heavy atom. The van der Waals surface area contributed by atoms with Crippen LogP contribution in [0.5, 0.6) is 0 Å². The molecule has 0 spiro atoms. The van der Waals surface area contributed by atoms with Gasteiger partial charge in [-0.15, -0.1) is 0 Å². The SMILES string of the molecule is CC(C)C(NC(=O)C1CCC(NC(=O)C2CCCC2)CC1)C(=O)O. The summed E-state index contributed by atoms with van der Waals surface area (Å²) in [5.74, 6) is -1.11. The highest BCUT2D eigenvalue weighted by atomic mass is 16.4. The molecular weight excluding hydrogens is 308 g/mol. The zero-order valence-electron chi connectivity index (χ0n) is 14.7. The topological polar surface area (TPSA) is 95.5 Å². The first-order valence-electron chi connectivity index (χ1n) is 9.22. The molecule has 0 bridgehead atoms. The predicted molar refractivity (Wildman–Crippen MR) is 90.3 cm³/mol. The highest BCUT2D eigenvalue weighted by Crippen LogP contribution is 2.28. The van der Waals surface area contributed by atoms with E-state index < -0.39 is 12.0 Å². The molecule has 2 rings (SSSR count). The van der Waals surface area contributed by atoms with Crippen molar-refractivity contribution in [2.24, 2.45) is 17.8 Å². The van der Waals surface area contributed by atoms with Crippen LogP contribution in [0, 0.1) is 17.8 Å². The Hall–Kier alpha value is -1.59. The molecule has 2 aliphatic rings. The van der Waals surface area contributed by atoms with Gasteiger partial charge in [-0.05, 0) is 44.4 Å². The minimum atomic E-state index is -0.990. The summed E-state index contributed by atoms with van der Waals surface area (Å²) >= 11 is 0. The lowest BCUT2D eigenvalue weighted by Gasteiger charge is -2.30. The van der Waals surface area contributed by atoms with Gasteiger partial charge in [-0.2, -0.15) is 0 Å². The lowest BCUT2D eigenvalue weighted by molar-refractivity contribution is -0.144. The van der Waals surface area contributed by atoms with Gasteiger partial charge in [0.2, 0.25) is 11.8 Å². The number of carboxylic acids is 1. The zero-order chi connectivity index (χ0) is 17.7. The van der Waals surface area contributed by atoms with Crippen LogP contribution in [0.3, 0.4) is 0 Å². The number of hydrogen-bond acceptors (Lipinski definition) is 3. The number of hydrogen-bond donors (Lipinski definition) is 3. The summed E-state index contributed by atoms with van der Waals surface area (Å²) in [6.45, 7) is 3.57. The fourth-order valence-electron chi connectivity index (χ4n) is 3.79. The minimum absolute atomic E-state index is 0.145. The molecule has 0 aliphatic heterocycles. The van der Waals surface area contributed by atoms with Crippen LogP contribution in [0.25, 0.3) is 0 Å². The Morgan fingerprint density at radius 2 is 1.42 bits per heavy atom. The van der Waals surface area contributed by atoms with E-state index >= 15 is 0 Å². The molecule has 0 aromatic rings. The Bertz CT molecular complexity index is 464. The second-order valence-electron chi connectivity index (χ2n) is 7.61. The average Bonchev–Trinajstić information content (AvgIpc) is 3.07. The van der Waals surface area contributed by atoms with Gasteiger partial charge >= 0.3 is 5.97 Å². The fraction of sp³-hybridized carbons (Fsp3) is 0.833. The molecule has 2 amide bonds. The lowest BCUT2D eigenvalue weighted by atomic mass is 9.85. The third-order valence-electron chi connectivity index (χ3n) is 5.40. The number of rotatable bonds is 6. The molecule has 0 radical (unpaired) electrons. The monoisotopic (exact) mass is 338 g/mol. The van der Waals surface area contributed by atoms with E-state index in [-0.39, 0.29) is 35.6 Å². The first-order chi connectivity index (χ1) is 11.4. The van der Waals surface area contributed by atoms with E-state index in [0.29, 0.717) is 12.8 Å². The molecule has 136 valence electrons. The Labute approximate surface area is 143 Å². The molecule has 0 heterocycles. The van der Waals surface area contributed by atoms with Crippen molar-refractivity contribution in [2.75, 3.05) is 0 Å². The largest absolute Gasteiger partial charge is 0.480 e. The van der Waals surface area contributed by atoms with E-state index in [1.54, 1.807) is 13.8 Å². The minimum Gasteiger partial charge on any atom is -0.480 e. The van der Waals surface area contributed by atoms with E-state index in [4.69, 9.17) is 0 Å². The van der Waals surface area contributed by atoms with Crippen LogP contribution < -0.4 is 10.6 Å². The van der Waals surface area contributed by atoms with Crippen molar-refractivity contribution in [2.45, 2.75) is 77.3 Å². The summed E-state index contributed by atoms with van der Waals surface area (Å²) in [4.78, 5) is 35.7. The summed E-state index contributed by atoms with van der Waals surface area (Å²) in [7, 11) is 0. The maximum Gasteiger partial charge on any atom is 0.326 e. The quantitative estimate of drug-likeness (QED) is 0.691. The fourth-order valence-corrected chi connectivity index (χ4v) is 3.79. The van der Waals surface area contributed by atoms with Gasteiger partial charge in [-0.25, -0.2) is 4.79 Å². The number of carboxylic acid groups (broad SMARTS) is 1. The molecule has 6 heteroatoms. The second-order valence-corrected chi connectivity index (χ2v) is 7.61. The molecule has 0 aromatic carbocycles. The number of amides is 2. The highest BCUT2D eigenvalue weighted by Gasteiger charge is 2.32. The molecule has 2 saturated carbocycles. The van der Waals surface area contributed by atoms with E-state index in [1.165, 1.54) is 0 Å². The van der Waals surface area contributed by atoms with Gasteiger partial charge in [0.25, 0.3) is 0 Å². The number of aliphatic carboxylic acids is 1. The maximum atomic E-state index is 12.3. The maximum absolute atomic E-state index is 12.3. The van der Waals surface area contributed by atoms with Crippen molar-refractivity contribution in [1.82, 2.24) is 10.6 Å². The summed E-state index contributed by atoms with van der Waals surface area (Å²) in [6, 6.07) is -0.681. The average molecular weight is 338 g/mol. The number of carbonyl (C=O) groups is 3. The third kappa shape index (κ3) is 4.95. The van der Waals surface area contributed by atoms with Gasteiger partial charge in [-0.3, -0.25) is 9.59 Å². The number of carbonyl (C=O) groups excluding carboxylic acids is 2. The summed E-state index contributed by atoms with van der Waals surface area (Å²) < 4.78 is 0. The predicted octanol–water partition coefficient (Wildman–Crippen LogP) is 2.08. The molecule has 3 N–H and O–H groups in total. The van der Waals surface area contributed by atoms with E-state index in [0.717, 1.165) is 38.5 Å².